The summed E-state index contributed by atoms with van der Waals surface area (Å²) >= 11 is 0. The fourth-order valence-electron chi connectivity index (χ4n) is 3.34. The number of benzene rings is 2. The summed E-state index contributed by atoms with van der Waals surface area (Å²) in [5.41, 5.74) is 2.78. The normalized spacial score (nSPS) is 10.8. The Bertz CT molecular complexity index is 1220. The van der Waals surface area contributed by atoms with Crippen LogP contribution in [0.5, 0.6) is 0 Å². The van der Waals surface area contributed by atoms with Gasteiger partial charge in [-0.2, -0.15) is 5.10 Å². The summed E-state index contributed by atoms with van der Waals surface area (Å²) in [6.45, 7) is 0. The van der Waals surface area contributed by atoms with E-state index in [0.29, 0.717) is 22.6 Å². The van der Waals surface area contributed by atoms with Gasteiger partial charge in [-0.05, 0) is 59.7 Å². The highest BCUT2D eigenvalue weighted by Gasteiger charge is 2.21. The maximum Gasteiger partial charge on any atom is 0.229 e. The Kier molecular flexibility index (Phi) is 5.53. The van der Waals surface area contributed by atoms with E-state index in [1.54, 1.807) is 43.7 Å². The van der Waals surface area contributed by atoms with Crippen molar-refractivity contribution in [1.29, 1.82) is 0 Å². The lowest BCUT2D eigenvalue weighted by Gasteiger charge is -2.10. The topological polar surface area (TPSA) is 59.8 Å². The zero-order valence-corrected chi connectivity index (χ0v) is 16.4. The molecule has 5 nitrogen and oxygen atoms in total. The minimum Gasteiger partial charge on any atom is -0.310 e. The molecule has 2 heterocycles. The number of nitrogens with zero attached hydrogens (tertiary/aromatic N) is 3. The number of hydrogen-bond donors (Lipinski definition) is 1. The summed E-state index contributed by atoms with van der Waals surface area (Å²) < 4.78 is 41.8. The number of amides is 1. The van der Waals surface area contributed by atoms with Crippen LogP contribution in [0.1, 0.15) is 5.56 Å². The predicted molar refractivity (Wildman–Crippen MR) is 111 cm³/mol. The second-order valence-electron chi connectivity index (χ2n) is 6.94. The molecule has 4 aromatic rings. The molecule has 0 unspecified atom stereocenters. The summed E-state index contributed by atoms with van der Waals surface area (Å²) in [6, 6.07) is 12.4. The van der Waals surface area contributed by atoms with Crippen LogP contribution in [0.2, 0.25) is 0 Å². The van der Waals surface area contributed by atoms with E-state index in [1.807, 2.05) is 0 Å². The van der Waals surface area contributed by atoms with E-state index in [-0.39, 0.29) is 17.8 Å². The summed E-state index contributed by atoms with van der Waals surface area (Å²) in [5, 5.41) is 7.30. The third-order valence-electron chi connectivity index (χ3n) is 4.68. The molecule has 0 aliphatic rings. The molecule has 0 aliphatic heterocycles. The highest BCUT2D eigenvalue weighted by molar-refractivity contribution is 5.99. The highest BCUT2D eigenvalue weighted by atomic mass is 19.1. The second-order valence-corrected chi connectivity index (χ2v) is 6.94. The molecule has 2 aromatic carbocycles. The van der Waals surface area contributed by atoms with Crippen LogP contribution in [-0.4, -0.2) is 20.7 Å². The molecule has 0 atom stereocenters. The Balaban J connectivity index is 1.73. The lowest BCUT2D eigenvalue weighted by atomic mass is 10.0. The molecule has 0 fully saturated rings. The van der Waals surface area contributed by atoms with E-state index in [9.17, 15) is 18.0 Å². The van der Waals surface area contributed by atoms with Crippen LogP contribution in [0, 0.1) is 17.5 Å². The first-order valence-electron chi connectivity index (χ1n) is 9.39. The van der Waals surface area contributed by atoms with Gasteiger partial charge in [-0.15, -0.1) is 0 Å². The van der Waals surface area contributed by atoms with Gasteiger partial charge in [0.1, 0.15) is 29.0 Å². The fourth-order valence-corrected chi connectivity index (χ4v) is 3.34. The van der Waals surface area contributed by atoms with Crippen molar-refractivity contribution in [3.05, 3.63) is 90.0 Å². The maximum absolute atomic E-state index is 13.5. The molecule has 156 valence electrons. The first-order chi connectivity index (χ1) is 14.9. The first kappa shape index (κ1) is 20.3. The van der Waals surface area contributed by atoms with E-state index < -0.39 is 17.5 Å². The Morgan fingerprint density at radius 3 is 2.19 bits per heavy atom. The number of halogens is 3. The molecular formula is C23H17F3N4O. The minimum absolute atomic E-state index is 0.210. The molecule has 0 saturated carbocycles. The number of rotatable bonds is 5. The Morgan fingerprint density at radius 2 is 1.55 bits per heavy atom. The minimum atomic E-state index is -0.751. The Labute approximate surface area is 176 Å². The molecule has 8 heteroatoms. The molecule has 0 saturated heterocycles. The van der Waals surface area contributed by atoms with E-state index in [4.69, 9.17) is 0 Å². The van der Waals surface area contributed by atoms with Gasteiger partial charge in [-0.25, -0.2) is 13.2 Å². The van der Waals surface area contributed by atoms with Gasteiger partial charge in [0.15, 0.2) is 0 Å². The molecule has 2 aromatic heterocycles. The van der Waals surface area contributed by atoms with Gasteiger partial charge in [0, 0.05) is 31.1 Å². The van der Waals surface area contributed by atoms with Crippen LogP contribution in [0.25, 0.3) is 22.4 Å². The predicted octanol–water partition coefficient (Wildman–Crippen LogP) is 4.75. The zero-order valence-electron chi connectivity index (χ0n) is 16.4. The van der Waals surface area contributed by atoms with E-state index in [1.165, 1.54) is 16.8 Å². The van der Waals surface area contributed by atoms with Gasteiger partial charge in [0.25, 0.3) is 0 Å². The van der Waals surface area contributed by atoms with Crippen molar-refractivity contribution >= 4 is 11.7 Å². The molecular weight excluding hydrogens is 405 g/mol. The van der Waals surface area contributed by atoms with Crippen molar-refractivity contribution < 1.29 is 18.0 Å². The van der Waals surface area contributed by atoms with Gasteiger partial charge in [-0.3, -0.25) is 14.5 Å². The highest BCUT2D eigenvalue weighted by Crippen LogP contribution is 2.37. The van der Waals surface area contributed by atoms with Crippen LogP contribution in [0.15, 0.2) is 67.0 Å². The lowest BCUT2D eigenvalue weighted by molar-refractivity contribution is -0.115. The smallest absolute Gasteiger partial charge is 0.229 e. The molecule has 31 heavy (non-hydrogen) atoms. The Hall–Kier alpha value is -3.94. The summed E-state index contributed by atoms with van der Waals surface area (Å²) in [5.74, 6) is -1.94. The molecule has 0 radical (unpaired) electrons. The van der Waals surface area contributed by atoms with Crippen molar-refractivity contribution in [2.24, 2.45) is 7.05 Å². The van der Waals surface area contributed by atoms with Crippen molar-refractivity contribution in [2.45, 2.75) is 6.42 Å². The quantitative estimate of drug-likeness (QED) is 0.505. The maximum atomic E-state index is 13.5. The van der Waals surface area contributed by atoms with Gasteiger partial charge < -0.3 is 5.32 Å². The van der Waals surface area contributed by atoms with Crippen LogP contribution in [0.4, 0.5) is 19.0 Å². The third kappa shape index (κ3) is 4.48. The fraction of sp³-hybridized carbons (Fsp3) is 0.0870. The van der Waals surface area contributed by atoms with E-state index in [0.717, 1.165) is 23.8 Å². The number of carbonyl (C=O) groups excluding carboxylic acids is 1. The van der Waals surface area contributed by atoms with Crippen LogP contribution < -0.4 is 5.32 Å². The lowest BCUT2D eigenvalue weighted by Crippen LogP contribution is -2.17. The number of aryl methyl sites for hydroxylation is 1. The first-order valence-corrected chi connectivity index (χ1v) is 9.39. The second kappa shape index (κ2) is 8.43. The average molecular weight is 422 g/mol. The number of nitrogens with one attached hydrogen (secondary N) is 1. The molecule has 0 spiro atoms. The van der Waals surface area contributed by atoms with Gasteiger partial charge in [0.05, 0.1) is 12.0 Å². The van der Waals surface area contributed by atoms with Crippen LogP contribution in [-0.2, 0) is 18.3 Å². The van der Waals surface area contributed by atoms with Gasteiger partial charge >= 0.3 is 0 Å². The molecule has 4 rings (SSSR count). The number of pyridine rings is 1. The van der Waals surface area contributed by atoms with Crippen molar-refractivity contribution in [3.8, 4) is 22.4 Å². The monoisotopic (exact) mass is 422 g/mol. The van der Waals surface area contributed by atoms with Crippen LogP contribution in [0.3, 0.4) is 0 Å². The standard InChI is InChI=1S/C23H17F3N4O/c1-30-23(28-20(31)12-14-10-18(25)13-19(26)11-14)21(15-6-8-27-9-7-15)22(29-30)16-2-4-17(24)5-3-16/h2-11,13H,12H2,1H3,(H,28,31). The third-order valence-corrected chi connectivity index (χ3v) is 4.68. The summed E-state index contributed by atoms with van der Waals surface area (Å²) in [4.78, 5) is 16.7. The molecule has 0 bridgehead atoms. The van der Waals surface area contributed by atoms with Gasteiger partial charge in [0.2, 0.25) is 5.91 Å². The van der Waals surface area contributed by atoms with E-state index >= 15 is 0 Å². The van der Waals surface area contributed by atoms with E-state index in [2.05, 4.69) is 15.4 Å². The van der Waals surface area contributed by atoms with Crippen LogP contribution >= 0.6 is 0 Å². The molecule has 0 aliphatic carbocycles. The van der Waals surface area contributed by atoms with Gasteiger partial charge in [-0.1, -0.05) is 0 Å². The summed E-state index contributed by atoms with van der Waals surface area (Å²) in [7, 11) is 1.66. The number of carbonyl (C=O) groups is 1. The largest absolute Gasteiger partial charge is 0.310 e. The summed E-state index contributed by atoms with van der Waals surface area (Å²) in [6.07, 6.45) is 3.00. The SMILES string of the molecule is Cn1nc(-c2ccc(F)cc2)c(-c2ccncc2)c1NC(=O)Cc1cc(F)cc(F)c1. The number of hydrogen-bond acceptors (Lipinski definition) is 3. The molecule has 1 N–H and O–H groups in total. The van der Waals surface area contributed by atoms with Crippen molar-refractivity contribution in [3.63, 3.8) is 0 Å². The van der Waals surface area contributed by atoms with Crippen molar-refractivity contribution in [1.82, 2.24) is 14.8 Å². The number of anilines is 1. The van der Waals surface area contributed by atoms with Crippen molar-refractivity contribution in [2.75, 3.05) is 5.32 Å². The molecule has 1 amide bonds. The average Bonchev–Trinajstić information content (AvgIpc) is 3.04. The number of aromatic nitrogens is 3. The Morgan fingerprint density at radius 1 is 0.903 bits per heavy atom. The zero-order chi connectivity index (χ0) is 22.0.